The molecule has 1 unspecified atom stereocenters. The molecule has 1 aromatic heterocycles. The molecule has 0 saturated heterocycles. The van der Waals surface area contributed by atoms with Crippen LogP contribution in [0.25, 0.3) is 11.1 Å². The molecule has 0 spiro atoms. The van der Waals surface area contributed by atoms with Crippen LogP contribution in [0.2, 0.25) is 0 Å². The lowest BCUT2D eigenvalue weighted by Crippen LogP contribution is -2.47. The van der Waals surface area contributed by atoms with Gasteiger partial charge in [0.05, 0.1) is 19.2 Å². The fourth-order valence-electron chi connectivity index (χ4n) is 2.68. The molecule has 1 atom stereocenters. The molecule has 0 aliphatic rings. The van der Waals surface area contributed by atoms with E-state index < -0.39 is 30.1 Å². The molecule has 10 heteroatoms. The van der Waals surface area contributed by atoms with E-state index >= 15 is 0 Å². The normalized spacial score (nSPS) is 11.8. The molecule has 3 rings (SSSR count). The van der Waals surface area contributed by atoms with Crippen molar-refractivity contribution in [2.24, 2.45) is 0 Å². The number of carbonyl (C=O) groups is 2. The minimum atomic E-state index is -1.77. The van der Waals surface area contributed by atoms with E-state index in [4.69, 9.17) is 9.63 Å². The van der Waals surface area contributed by atoms with Gasteiger partial charge in [-0.3, -0.25) is 14.6 Å². The van der Waals surface area contributed by atoms with Gasteiger partial charge in [0.15, 0.2) is 6.10 Å². The number of hydrazine groups is 1. The van der Waals surface area contributed by atoms with Gasteiger partial charge in [0.2, 0.25) is 5.76 Å². The minimum Gasteiger partial charge on any atom is -0.508 e. The number of carboxylic acids is 1. The van der Waals surface area contributed by atoms with E-state index in [0.29, 0.717) is 5.56 Å². The van der Waals surface area contributed by atoms with Gasteiger partial charge in [-0.15, -0.1) is 0 Å². The summed E-state index contributed by atoms with van der Waals surface area (Å²) in [6.07, 6.45) is -1.77. The van der Waals surface area contributed by atoms with Crippen LogP contribution in [0.4, 0.5) is 0 Å². The molecule has 0 saturated carbocycles. The molecule has 0 radical (unpaired) electrons. The van der Waals surface area contributed by atoms with E-state index in [0.717, 1.165) is 22.2 Å². The Hall–Kier alpha value is -3.89. The van der Waals surface area contributed by atoms with Crippen molar-refractivity contribution < 1.29 is 29.4 Å². The average molecular weight is 413 g/mol. The molecule has 3 aromatic rings. The zero-order chi connectivity index (χ0) is 21.7. The second-order valence-corrected chi connectivity index (χ2v) is 6.39. The number of nitrogens with zero attached hydrogens (tertiary/aromatic N) is 1. The molecule has 0 aliphatic heterocycles. The minimum absolute atomic E-state index is 0.0924. The fourth-order valence-corrected chi connectivity index (χ4v) is 2.68. The first-order chi connectivity index (χ1) is 14.3. The predicted octanol–water partition coefficient (Wildman–Crippen LogP) is 0.933. The summed E-state index contributed by atoms with van der Waals surface area (Å²) in [6.45, 7) is -0.681. The number of aliphatic hydroxyl groups excluding tert-OH is 1. The summed E-state index contributed by atoms with van der Waals surface area (Å²) in [5.74, 6) is -2.68. The first-order valence-electron chi connectivity index (χ1n) is 8.87. The quantitative estimate of drug-likeness (QED) is 0.342. The second-order valence-electron chi connectivity index (χ2n) is 6.39. The van der Waals surface area contributed by atoms with Crippen LogP contribution in [0.3, 0.4) is 0 Å². The highest BCUT2D eigenvalue weighted by Crippen LogP contribution is 2.27. The van der Waals surface area contributed by atoms with Crippen molar-refractivity contribution in [2.75, 3.05) is 6.54 Å². The molecular weight excluding hydrogens is 394 g/mol. The summed E-state index contributed by atoms with van der Waals surface area (Å²) in [5, 5.41) is 31.7. The molecule has 30 heavy (non-hydrogen) atoms. The third-order valence-corrected chi connectivity index (χ3v) is 4.26. The van der Waals surface area contributed by atoms with Crippen molar-refractivity contribution in [1.82, 2.24) is 15.6 Å². The Morgan fingerprint density at radius 3 is 2.43 bits per heavy atom. The van der Waals surface area contributed by atoms with Crippen LogP contribution in [0.1, 0.15) is 16.1 Å². The summed E-state index contributed by atoms with van der Waals surface area (Å²) in [5.41, 5.74) is 3.87. The molecule has 0 aliphatic carbocycles. The molecule has 10 nitrogen and oxygen atoms in total. The standard InChI is InChI=1S/C20H19N3O7/c24-15-8-13(12-4-2-1-3-5-12)6-7-14(15)11-23(21-10-16(25)20(28)29)19(27)17-9-18(26)22-30-17/h1-9,16,21,24-25H,10-11H2,(H,22,26)(H,28,29). The van der Waals surface area contributed by atoms with Crippen LogP contribution < -0.4 is 11.0 Å². The van der Waals surface area contributed by atoms with Crippen LogP contribution in [0, 0.1) is 0 Å². The largest absolute Gasteiger partial charge is 0.508 e. The molecular formula is C20H19N3O7. The number of aliphatic carboxylic acids is 1. The topological polar surface area (TPSA) is 156 Å². The lowest BCUT2D eigenvalue weighted by atomic mass is 10.0. The Balaban J connectivity index is 1.83. The Labute approximate surface area is 169 Å². The molecule has 156 valence electrons. The van der Waals surface area contributed by atoms with E-state index in [1.807, 2.05) is 35.5 Å². The zero-order valence-corrected chi connectivity index (χ0v) is 15.6. The maximum Gasteiger partial charge on any atom is 0.333 e. The average Bonchev–Trinajstić information content (AvgIpc) is 3.18. The number of rotatable bonds is 8. The number of aromatic amines is 1. The van der Waals surface area contributed by atoms with Crippen LogP contribution in [-0.2, 0) is 11.3 Å². The predicted molar refractivity (Wildman–Crippen MR) is 104 cm³/mol. The number of carbonyl (C=O) groups excluding carboxylic acids is 1. The van der Waals surface area contributed by atoms with Gasteiger partial charge in [0.25, 0.3) is 5.56 Å². The van der Waals surface area contributed by atoms with Gasteiger partial charge in [-0.25, -0.2) is 10.2 Å². The van der Waals surface area contributed by atoms with E-state index in [-0.39, 0.29) is 18.1 Å². The Bertz CT molecular complexity index is 1090. The van der Waals surface area contributed by atoms with E-state index in [1.54, 1.807) is 12.1 Å². The Kier molecular flexibility index (Phi) is 6.30. The molecule has 0 fully saturated rings. The SMILES string of the molecule is O=C(O)C(O)CNN(Cc1ccc(-c2ccccc2)cc1O)C(=O)c1cc(=O)[nH]o1. The van der Waals surface area contributed by atoms with Crippen molar-refractivity contribution in [3.8, 4) is 16.9 Å². The number of aromatic hydroxyl groups is 1. The van der Waals surface area contributed by atoms with Gasteiger partial charge in [0.1, 0.15) is 5.75 Å². The van der Waals surface area contributed by atoms with Crippen LogP contribution in [-0.4, -0.2) is 50.0 Å². The number of amides is 1. The highest BCUT2D eigenvalue weighted by molar-refractivity contribution is 5.91. The monoisotopic (exact) mass is 413 g/mol. The number of hydrogen-bond acceptors (Lipinski definition) is 7. The summed E-state index contributed by atoms with van der Waals surface area (Å²) in [6, 6.07) is 15.2. The highest BCUT2D eigenvalue weighted by Gasteiger charge is 2.23. The smallest absolute Gasteiger partial charge is 0.333 e. The molecule has 1 heterocycles. The van der Waals surface area contributed by atoms with Crippen molar-refractivity contribution in [2.45, 2.75) is 12.6 Å². The summed E-state index contributed by atoms with van der Waals surface area (Å²) < 4.78 is 4.80. The van der Waals surface area contributed by atoms with Crippen LogP contribution in [0.5, 0.6) is 5.75 Å². The van der Waals surface area contributed by atoms with Crippen molar-refractivity contribution >= 4 is 11.9 Å². The van der Waals surface area contributed by atoms with E-state index in [2.05, 4.69) is 5.43 Å². The van der Waals surface area contributed by atoms with Crippen LogP contribution in [0.15, 0.2) is 63.9 Å². The summed E-state index contributed by atoms with van der Waals surface area (Å²) in [4.78, 5) is 34.7. The van der Waals surface area contributed by atoms with Gasteiger partial charge in [-0.1, -0.05) is 42.5 Å². The summed E-state index contributed by atoms with van der Waals surface area (Å²) in [7, 11) is 0. The Morgan fingerprint density at radius 2 is 1.83 bits per heavy atom. The first-order valence-corrected chi connectivity index (χ1v) is 8.87. The summed E-state index contributed by atoms with van der Waals surface area (Å²) >= 11 is 0. The van der Waals surface area contributed by atoms with Gasteiger partial charge in [-0.05, 0) is 17.2 Å². The number of benzene rings is 2. The van der Waals surface area contributed by atoms with Crippen LogP contribution >= 0.6 is 0 Å². The number of phenols is 1. The first kappa shape index (κ1) is 20.8. The number of nitrogens with one attached hydrogen (secondary N) is 2. The maximum atomic E-state index is 12.6. The van der Waals surface area contributed by atoms with Gasteiger partial charge >= 0.3 is 11.9 Å². The van der Waals surface area contributed by atoms with E-state index in [9.17, 15) is 24.6 Å². The highest BCUT2D eigenvalue weighted by atomic mass is 16.5. The third-order valence-electron chi connectivity index (χ3n) is 4.26. The number of phenolic OH excluding ortho intramolecular Hbond substituents is 1. The molecule has 2 aromatic carbocycles. The van der Waals surface area contributed by atoms with E-state index in [1.165, 1.54) is 6.07 Å². The number of aliphatic hydroxyl groups is 1. The number of carboxylic acid groups (broad SMARTS) is 1. The fraction of sp³-hybridized carbons (Fsp3) is 0.150. The van der Waals surface area contributed by atoms with Gasteiger partial charge in [0, 0.05) is 5.56 Å². The van der Waals surface area contributed by atoms with Gasteiger partial charge in [-0.2, -0.15) is 5.16 Å². The number of aromatic nitrogens is 1. The molecule has 1 amide bonds. The second kappa shape index (κ2) is 9.07. The number of H-pyrrole nitrogens is 1. The third kappa shape index (κ3) is 4.93. The maximum absolute atomic E-state index is 12.6. The lowest BCUT2D eigenvalue weighted by molar-refractivity contribution is -0.146. The van der Waals surface area contributed by atoms with Crippen molar-refractivity contribution in [1.29, 1.82) is 0 Å². The molecule has 0 bridgehead atoms. The van der Waals surface area contributed by atoms with Gasteiger partial charge < -0.3 is 19.8 Å². The lowest BCUT2D eigenvalue weighted by Gasteiger charge is -2.23. The van der Waals surface area contributed by atoms with Crippen molar-refractivity contribution in [3.05, 3.63) is 76.3 Å². The number of hydrogen-bond donors (Lipinski definition) is 5. The Morgan fingerprint density at radius 1 is 1.10 bits per heavy atom. The van der Waals surface area contributed by atoms with Crippen molar-refractivity contribution in [3.63, 3.8) is 0 Å². The molecule has 5 N–H and O–H groups in total. The zero-order valence-electron chi connectivity index (χ0n) is 15.6.